The summed E-state index contributed by atoms with van der Waals surface area (Å²) in [5.74, 6) is -0.139. The average Bonchev–Trinajstić information content (AvgIpc) is 3.31. The van der Waals surface area contributed by atoms with E-state index in [-0.39, 0.29) is 11.6 Å². The minimum Gasteiger partial charge on any atom is -0.497 e. The molecule has 0 bridgehead atoms. The molecule has 192 valence electrons. The number of hydrogen-bond donors (Lipinski definition) is 2. The summed E-state index contributed by atoms with van der Waals surface area (Å²) in [6.45, 7) is 0. The molecule has 0 amide bonds. The average molecular weight is 555 g/mol. The van der Waals surface area contributed by atoms with E-state index in [1.54, 1.807) is 30.3 Å². The molecule has 5 rings (SSSR count). The van der Waals surface area contributed by atoms with Crippen molar-refractivity contribution >= 4 is 27.6 Å². The van der Waals surface area contributed by atoms with E-state index in [0.717, 1.165) is 4.68 Å². The van der Waals surface area contributed by atoms with Crippen molar-refractivity contribution in [3.8, 4) is 34.0 Å². The molecule has 0 unspecified atom stereocenters. The number of benzene rings is 3. The first-order valence-electron chi connectivity index (χ1n) is 11.0. The van der Waals surface area contributed by atoms with Crippen molar-refractivity contribution in [3.63, 3.8) is 0 Å². The fraction of sp³-hybridized carbons (Fsp3) is 0.0400. The zero-order valence-electron chi connectivity index (χ0n) is 19.6. The lowest BCUT2D eigenvalue weighted by Crippen LogP contribution is -2.42. The van der Waals surface area contributed by atoms with E-state index < -0.39 is 26.5 Å². The Morgan fingerprint density at radius 2 is 1.53 bits per heavy atom. The molecule has 0 aliphatic carbocycles. The molecule has 0 aliphatic heterocycles. The summed E-state index contributed by atoms with van der Waals surface area (Å²) >= 11 is 5.92. The monoisotopic (exact) mass is 554 g/mol. The van der Waals surface area contributed by atoms with Crippen LogP contribution in [0.1, 0.15) is 0 Å². The first-order chi connectivity index (χ1) is 18.2. The van der Waals surface area contributed by atoms with E-state index in [1.165, 1.54) is 55.6 Å². The number of methoxy groups -OCH3 is 1. The van der Waals surface area contributed by atoms with Gasteiger partial charge in [-0.2, -0.15) is 8.42 Å². The molecule has 5 aromatic rings. The topological polar surface area (TPSA) is 131 Å². The van der Waals surface area contributed by atoms with Crippen molar-refractivity contribution in [1.82, 2.24) is 15.2 Å². The molecule has 2 aromatic heterocycles. The van der Waals surface area contributed by atoms with Crippen LogP contribution in [0.5, 0.6) is 5.75 Å². The summed E-state index contributed by atoms with van der Waals surface area (Å²) in [4.78, 5) is 21.1. The van der Waals surface area contributed by atoms with Crippen LogP contribution < -0.4 is 19.8 Å². The Morgan fingerprint density at radius 3 is 2.11 bits per heavy atom. The summed E-state index contributed by atoms with van der Waals surface area (Å²) < 4.78 is 53.5. The third kappa shape index (κ3) is 5.12. The number of nitrogens with zero attached hydrogens (tertiary/aromatic N) is 3. The Kier molecular flexibility index (Phi) is 6.66. The van der Waals surface area contributed by atoms with Crippen molar-refractivity contribution in [2.24, 2.45) is 0 Å². The highest BCUT2D eigenvalue weighted by Gasteiger charge is 2.37. The van der Waals surface area contributed by atoms with Crippen LogP contribution in [0.3, 0.4) is 0 Å². The standard InChI is InChI=1S/C25H17ClFN5O5S/c1-36-20-12-4-16(5-13-20)22-14-21(15-2-8-18(27)9-3-15)28-25(29-22)30-38(34,35)23-24(33)37-31-32(23)19-10-6-17(26)7-11-19/h2-14H,1H3,(H-,28,29,30,31,33)/p+1. The summed E-state index contributed by atoms with van der Waals surface area (Å²) in [5.41, 5.74) is 0.968. The number of nitrogens with one attached hydrogen (secondary N) is 2. The van der Waals surface area contributed by atoms with Gasteiger partial charge in [0.25, 0.3) is 0 Å². The lowest BCUT2D eigenvalue weighted by Gasteiger charge is -2.10. The van der Waals surface area contributed by atoms with Gasteiger partial charge in [-0.25, -0.2) is 23.9 Å². The van der Waals surface area contributed by atoms with Gasteiger partial charge in [-0.05, 0) is 76.7 Å². The maximum atomic E-state index is 13.5. The smallest absolute Gasteiger partial charge is 0.449 e. The fourth-order valence-electron chi connectivity index (χ4n) is 3.59. The molecule has 0 radical (unpaired) electrons. The van der Waals surface area contributed by atoms with Crippen LogP contribution in [0.15, 0.2) is 93.2 Å². The lowest BCUT2D eigenvalue weighted by molar-refractivity contribution is -0.705. The highest BCUT2D eigenvalue weighted by atomic mass is 35.5. The molecule has 0 fully saturated rings. The zero-order chi connectivity index (χ0) is 26.9. The number of sulfonamides is 1. The van der Waals surface area contributed by atoms with Crippen LogP contribution in [0.25, 0.3) is 28.2 Å². The minimum atomic E-state index is -4.57. The summed E-state index contributed by atoms with van der Waals surface area (Å²) in [7, 11) is -3.03. The van der Waals surface area contributed by atoms with Gasteiger partial charge in [0, 0.05) is 28.3 Å². The zero-order valence-corrected chi connectivity index (χ0v) is 21.1. The number of ether oxygens (including phenoxy) is 1. The second-order valence-corrected chi connectivity index (χ2v) is 9.93. The third-order valence-electron chi connectivity index (χ3n) is 5.42. The van der Waals surface area contributed by atoms with Gasteiger partial charge in [-0.3, -0.25) is 4.52 Å². The third-order valence-corrected chi connectivity index (χ3v) is 6.99. The molecule has 0 saturated heterocycles. The second kappa shape index (κ2) is 10.1. The maximum Gasteiger partial charge on any atom is 0.449 e. The number of anilines is 1. The van der Waals surface area contributed by atoms with Crippen LogP contribution in [0, 0.1) is 5.82 Å². The Balaban J connectivity index is 1.60. The van der Waals surface area contributed by atoms with Crippen LogP contribution in [0.4, 0.5) is 10.3 Å². The van der Waals surface area contributed by atoms with E-state index in [2.05, 4.69) is 20.0 Å². The molecule has 13 heteroatoms. The molecule has 0 saturated carbocycles. The molecular weight excluding hydrogens is 537 g/mol. The molecule has 10 nitrogen and oxygen atoms in total. The van der Waals surface area contributed by atoms with Gasteiger partial charge in [0.1, 0.15) is 11.6 Å². The van der Waals surface area contributed by atoms with E-state index >= 15 is 0 Å². The van der Waals surface area contributed by atoms with Crippen molar-refractivity contribution in [2.75, 3.05) is 11.8 Å². The molecule has 2 heterocycles. The van der Waals surface area contributed by atoms with Gasteiger partial charge in [0.05, 0.1) is 18.5 Å². The highest BCUT2D eigenvalue weighted by molar-refractivity contribution is 7.92. The van der Waals surface area contributed by atoms with Crippen molar-refractivity contribution in [3.05, 3.63) is 100 Å². The SMILES string of the molecule is COc1ccc(-c2cc(-c3ccc(F)cc3)nc(NS(=O)(=O)c3c(=O)o[nH][n+]3-c3ccc(Cl)cc3)n2)cc1. The highest BCUT2D eigenvalue weighted by Crippen LogP contribution is 2.27. The van der Waals surface area contributed by atoms with Gasteiger partial charge in [0.2, 0.25) is 11.6 Å². The Bertz CT molecular complexity index is 1770. The number of halogens is 2. The molecule has 2 N–H and O–H groups in total. The van der Waals surface area contributed by atoms with E-state index in [1.807, 2.05) is 0 Å². The van der Waals surface area contributed by atoms with Gasteiger partial charge < -0.3 is 4.74 Å². The lowest BCUT2D eigenvalue weighted by atomic mass is 10.1. The van der Waals surface area contributed by atoms with Crippen LogP contribution >= 0.6 is 11.6 Å². The second-order valence-electron chi connectivity index (χ2n) is 7.90. The largest absolute Gasteiger partial charge is 0.497 e. The normalized spacial score (nSPS) is 11.3. The Hall–Kier alpha value is -4.55. The predicted octanol–water partition coefficient (Wildman–Crippen LogP) is 3.97. The molecule has 0 atom stereocenters. The minimum absolute atomic E-state index is 0.278. The maximum absolute atomic E-state index is 13.5. The van der Waals surface area contributed by atoms with E-state index in [0.29, 0.717) is 33.3 Å². The summed E-state index contributed by atoms with van der Waals surface area (Å²) in [6.07, 6.45) is 0. The number of hydrogen-bond acceptors (Lipinski definition) is 7. The number of aromatic amines is 1. The van der Waals surface area contributed by atoms with Crippen molar-refractivity contribution < 1.29 is 26.7 Å². The Morgan fingerprint density at radius 1 is 0.947 bits per heavy atom. The van der Waals surface area contributed by atoms with Crippen LogP contribution in [-0.2, 0) is 10.0 Å². The van der Waals surface area contributed by atoms with E-state index in [4.69, 9.17) is 20.9 Å². The van der Waals surface area contributed by atoms with Gasteiger partial charge in [-0.1, -0.05) is 11.6 Å². The molecule has 38 heavy (non-hydrogen) atoms. The van der Waals surface area contributed by atoms with Gasteiger partial charge in [0.15, 0.2) is 0 Å². The van der Waals surface area contributed by atoms with Crippen LogP contribution in [-0.4, -0.2) is 30.8 Å². The van der Waals surface area contributed by atoms with E-state index in [9.17, 15) is 17.6 Å². The molecular formula is C25H18ClFN5O5S+. The summed E-state index contributed by atoms with van der Waals surface area (Å²) in [5, 5.41) is 1.95. The van der Waals surface area contributed by atoms with Crippen molar-refractivity contribution in [1.29, 1.82) is 0 Å². The first kappa shape index (κ1) is 25.1. The molecule has 0 aliphatic rings. The van der Waals surface area contributed by atoms with Gasteiger partial charge in [-0.15, -0.1) is 0 Å². The predicted molar refractivity (Wildman–Crippen MR) is 136 cm³/mol. The molecule has 0 spiro atoms. The number of aromatic nitrogens is 4. The fourth-order valence-corrected chi connectivity index (χ4v) is 4.79. The summed E-state index contributed by atoms with van der Waals surface area (Å²) in [6, 6.07) is 20.1. The van der Waals surface area contributed by atoms with Crippen LogP contribution in [0.2, 0.25) is 5.02 Å². The quantitative estimate of drug-likeness (QED) is 0.291. The Labute approximate surface area is 220 Å². The van der Waals surface area contributed by atoms with Crippen molar-refractivity contribution in [2.45, 2.75) is 5.03 Å². The number of H-pyrrole nitrogens is 1. The van der Waals surface area contributed by atoms with Gasteiger partial charge >= 0.3 is 20.7 Å². The number of rotatable bonds is 7. The molecule has 3 aromatic carbocycles. The first-order valence-corrected chi connectivity index (χ1v) is 12.8.